The fraction of sp³-hybridized carbons (Fsp3) is 0.280. The SMILES string of the molecule is CC=CC(C(=O)N1CC(Oc2nccc3ccccc23)CCC1C)=C(C)c1nccc[n+]1-c1ccc2ccnc(OC3CCC(C)N(C(=O)c4ccccc4-n4nccn4)C3)c2c1. The number of aromatic nitrogens is 7. The first-order valence-electron chi connectivity index (χ1n) is 21.6. The first-order valence-corrected chi connectivity index (χ1v) is 21.6. The van der Waals surface area contributed by atoms with Crippen molar-refractivity contribution in [1.29, 1.82) is 0 Å². The largest absolute Gasteiger partial charge is 0.472 e. The zero-order chi connectivity index (χ0) is 43.5. The quantitative estimate of drug-likeness (QED) is 0.0766. The molecule has 4 aromatic heterocycles. The molecule has 13 nitrogen and oxygen atoms in total. The van der Waals surface area contributed by atoms with Gasteiger partial charge in [-0.25, -0.2) is 9.97 Å². The van der Waals surface area contributed by atoms with Crippen LogP contribution in [0.25, 0.3) is 38.5 Å². The minimum atomic E-state index is -0.284. The van der Waals surface area contributed by atoms with Crippen molar-refractivity contribution in [3.05, 3.63) is 151 Å². The van der Waals surface area contributed by atoms with E-state index in [-0.39, 0.29) is 36.1 Å². The number of piperidine rings is 2. The average molecular weight is 841 g/mol. The minimum Gasteiger partial charge on any atom is -0.472 e. The highest BCUT2D eigenvalue weighted by atomic mass is 16.5. The highest BCUT2D eigenvalue weighted by Gasteiger charge is 2.35. The molecule has 2 amide bonds. The Morgan fingerprint density at radius 3 is 2.10 bits per heavy atom. The lowest BCUT2D eigenvalue weighted by Gasteiger charge is -2.38. The Balaban J connectivity index is 0.979. The van der Waals surface area contributed by atoms with Crippen LogP contribution in [0, 0.1) is 0 Å². The minimum absolute atomic E-state index is 0.0133. The van der Waals surface area contributed by atoms with Gasteiger partial charge >= 0.3 is 5.82 Å². The lowest BCUT2D eigenvalue weighted by atomic mass is 9.98. The van der Waals surface area contributed by atoms with Crippen molar-refractivity contribution in [3.63, 3.8) is 0 Å². The van der Waals surface area contributed by atoms with Gasteiger partial charge in [0.1, 0.15) is 30.3 Å². The van der Waals surface area contributed by atoms with Crippen molar-refractivity contribution < 1.29 is 23.6 Å². The van der Waals surface area contributed by atoms with Gasteiger partial charge in [-0.05, 0) is 118 Å². The van der Waals surface area contributed by atoms with E-state index >= 15 is 0 Å². The topological polar surface area (TPSA) is 132 Å². The monoisotopic (exact) mass is 840 g/mol. The number of hydrogen-bond donors (Lipinski definition) is 0. The molecule has 9 rings (SSSR count). The van der Waals surface area contributed by atoms with Crippen LogP contribution in [0.15, 0.2) is 140 Å². The molecule has 2 fully saturated rings. The number of para-hydroxylation sites is 1. The highest BCUT2D eigenvalue weighted by molar-refractivity contribution is 6.03. The van der Waals surface area contributed by atoms with Gasteiger partial charge in [-0.2, -0.15) is 19.6 Å². The van der Waals surface area contributed by atoms with Crippen LogP contribution < -0.4 is 14.0 Å². The van der Waals surface area contributed by atoms with E-state index in [1.807, 2.05) is 131 Å². The molecule has 13 heteroatoms. The fourth-order valence-electron chi connectivity index (χ4n) is 8.76. The molecule has 0 N–H and O–H groups in total. The Labute approximate surface area is 366 Å². The van der Waals surface area contributed by atoms with Crippen LogP contribution >= 0.6 is 0 Å². The Hall–Kier alpha value is -7.28. The summed E-state index contributed by atoms with van der Waals surface area (Å²) in [6, 6.07) is 27.4. The maximum Gasteiger partial charge on any atom is 0.331 e. The van der Waals surface area contributed by atoms with Crippen molar-refractivity contribution in [2.75, 3.05) is 13.1 Å². The number of rotatable bonds is 10. The van der Waals surface area contributed by atoms with E-state index in [0.29, 0.717) is 47.5 Å². The number of amides is 2. The maximum atomic E-state index is 14.7. The van der Waals surface area contributed by atoms with Gasteiger partial charge in [0.25, 0.3) is 11.8 Å². The first kappa shape index (κ1) is 41.1. The van der Waals surface area contributed by atoms with Crippen LogP contribution in [0.2, 0.25) is 0 Å². The molecule has 63 heavy (non-hydrogen) atoms. The number of nitrogens with zero attached hydrogens (tertiary/aromatic N) is 9. The number of likely N-dealkylation sites (tertiary alicyclic amines) is 2. The molecule has 6 heterocycles. The smallest absolute Gasteiger partial charge is 0.331 e. The summed E-state index contributed by atoms with van der Waals surface area (Å²) in [5, 5.41) is 12.3. The second-order valence-electron chi connectivity index (χ2n) is 16.3. The van der Waals surface area contributed by atoms with Crippen LogP contribution in [0.4, 0.5) is 0 Å². The molecule has 4 unspecified atom stereocenters. The Morgan fingerprint density at radius 1 is 0.698 bits per heavy atom. The van der Waals surface area contributed by atoms with Crippen molar-refractivity contribution in [1.82, 2.24) is 39.7 Å². The highest BCUT2D eigenvalue weighted by Crippen LogP contribution is 2.32. The van der Waals surface area contributed by atoms with E-state index in [2.05, 4.69) is 29.0 Å². The van der Waals surface area contributed by atoms with Crippen molar-refractivity contribution in [2.24, 2.45) is 0 Å². The Bertz CT molecular complexity index is 2850. The van der Waals surface area contributed by atoms with Crippen molar-refractivity contribution >= 4 is 38.9 Å². The molecule has 7 aromatic rings. The second kappa shape index (κ2) is 18.0. The number of hydrogen-bond acceptors (Lipinski definition) is 9. The number of fused-ring (bicyclic) bond motifs is 2. The van der Waals surface area contributed by atoms with E-state index in [9.17, 15) is 9.59 Å². The van der Waals surface area contributed by atoms with Gasteiger partial charge < -0.3 is 19.3 Å². The van der Waals surface area contributed by atoms with Gasteiger partial charge in [0, 0.05) is 41.3 Å². The van der Waals surface area contributed by atoms with E-state index in [4.69, 9.17) is 19.4 Å². The van der Waals surface area contributed by atoms with E-state index < -0.39 is 0 Å². The van der Waals surface area contributed by atoms with Crippen LogP contribution in [0.3, 0.4) is 0 Å². The molecule has 0 saturated carbocycles. The van der Waals surface area contributed by atoms with E-state index in [0.717, 1.165) is 58.5 Å². The molecule has 0 aliphatic carbocycles. The molecule has 318 valence electrons. The lowest BCUT2D eigenvalue weighted by molar-refractivity contribution is -0.601. The Morgan fingerprint density at radius 2 is 1.35 bits per heavy atom. The van der Waals surface area contributed by atoms with Crippen molar-refractivity contribution in [2.45, 2.75) is 77.7 Å². The second-order valence-corrected chi connectivity index (χ2v) is 16.3. The summed E-state index contributed by atoms with van der Waals surface area (Å²) in [4.78, 5) is 48.2. The molecule has 0 spiro atoms. The lowest BCUT2D eigenvalue weighted by Crippen LogP contribution is -2.49. The Kier molecular flexibility index (Phi) is 11.7. The molecular formula is C50H50N9O4+. The number of carbonyl (C=O) groups excluding carboxylic acids is 2. The third-order valence-corrected chi connectivity index (χ3v) is 12.2. The number of pyridine rings is 2. The fourth-order valence-corrected chi connectivity index (χ4v) is 8.76. The summed E-state index contributed by atoms with van der Waals surface area (Å²) in [5.41, 5.74) is 3.27. The average Bonchev–Trinajstić information content (AvgIpc) is 3.87. The van der Waals surface area contributed by atoms with Gasteiger partial charge in [0.05, 0.1) is 47.9 Å². The third-order valence-electron chi connectivity index (χ3n) is 12.2. The number of benzene rings is 3. The molecule has 0 radical (unpaired) electrons. The summed E-state index contributed by atoms with van der Waals surface area (Å²) in [5.74, 6) is 1.52. The standard InChI is InChI=1S/C50H50N9O4/c1-5-11-41(49(60)57-31-39(20-16-33(57)2)62-47-42-13-7-6-12-36(42)22-25-52-47)35(4)46-51-24-10-29-56(46)38-19-18-37-23-26-53-48(44(37)30-38)63-40-21-17-34(3)58(32-40)50(61)43-14-8-9-15-45(43)59-54-27-28-55-59/h5-15,18-19,22-30,33-34,39-40H,16-17,20-21,31-32H2,1-4H3/q+1. The summed E-state index contributed by atoms with van der Waals surface area (Å²) in [7, 11) is 0. The van der Waals surface area contributed by atoms with Crippen LogP contribution in [-0.2, 0) is 4.79 Å². The van der Waals surface area contributed by atoms with E-state index in [1.54, 1.807) is 31.0 Å². The zero-order valence-electron chi connectivity index (χ0n) is 35.9. The number of allylic oxidation sites excluding steroid dienone is 2. The van der Waals surface area contributed by atoms with Gasteiger partial charge in [-0.15, -0.1) is 0 Å². The predicted octanol–water partition coefficient (Wildman–Crippen LogP) is 7.92. The molecule has 2 aliphatic heterocycles. The zero-order valence-corrected chi connectivity index (χ0v) is 35.9. The molecule has 0 bridgehead atoms. The number of carbonyl (C=O) groups is 2. The normalized spacial score (nSPS) is 19.6. The van der Waals surface area contributed by atoms with Gasteiger partial charge in [0.2, 0.25) is 11.8 Å². The predicted molar refractivity (Wildman–Crippen MR) is 241 cm³/mol. The molecule has 2 aliphatic rings. The summed E-state index contributed by atoms with van der Waals surface area (Å²) < 4.78 is 15.2. The first-order chi connectivity index (χ1) is 30.8. The summed E-state index contributed by atoms with van der Waals surface area (Å²) in [6.07, 6.45) is 16.8. The van der Waals surface area contributed by atoms with Crippen LogP contribution in [-0.4, -0.2) is 88.9 Å². The molecule has 2 saturated heterocycles. The maximum absolute atomic E-state index is 14.7. The van der Waals surface area contributed by atoms with Crippen molar-refractivity contribution in [3.8, 4) is 23.1 Å². The van der Waals surface area contributed by atoms with Gasteiger partial charge in [-0.3, -0.25) is 9.59 Å². The number of ether oxygens (including phenoxy) is 2. The molecular weight excluding hydrogens is 791 g/mol. The molecule has 4 atom stereocenters. The molecule has 3 aromatic carbocycles. The summed E-state index contributed by atoms with van der Waals surface area (Å²) in [6.45, 7) is 8.87. The summed E-state index contributed by atoms with van der Waals surface area (Å²) >= 11 is 0. The van der Waals surface area contributed by atoms with E-state index in [1.165, 1.54) is 4.80 Å². The third kappa shape index (κ3) is 8.38. The van der Waals surface area contributed by atoms with Crippen LogP contribution in [0.5, 0.6) is 11.8 Å². The van der Waals surface area contributed by atoms with Gasteiger partial charge in [-0.1, -0.05) is 42.5 Å². The van der Waals surface area contributed by atoms with Crippen LogP contribution in [0.1, 0.15) is 69.6 Å². The van der Waals surface area contributed by atoms with Gasteiger partial charge in [0.15, 0.2) is 0 Å².